The fourth-order valence-corrected chi connectivity index (χ4v) is 2.47. The van der Waals surface area contributed by atoms with Gasteiger partial charge in [-0.2, -0.15) is 4.98 Å². The topological polar surface area (TPSA) is 70.5 Å². The molecular weight excluding hydrogens is 292 g/mol. The Kier molecular flexibility index (Phi) is 4.38. The van der Waals surface area contributed by atoms with Gasteiger partial charge in [0.25, 0.3) is 0 Å². The fourth-order valence-electron chi connectivity index (χ4n) is 2.30. The predicted octanol–water partition coefficient (Wildman–Crippen LogP) is 1.52. The highest BCUT2D eigenvalue weighted by Gasteiger charge is 2.16. The average molecular weight is 309 g/mol. The van der Waals surface area contributed by atoms with Crippen LogP contribution in [-0.4, -0.2) is 54.5 Å². The monoisotopic (exact) mass is 308 g/mol. The smallest absolute Gasteiger partial charge is 0.228 e. The van der Waals surface area contributed by atoms with Crippen LogP contribution in [0.2, 0.25) is 5.02 Å². The highest BCUT2D eigenvalue weighted by Crippen LogP contribution is 2.26. The van der Waals surface area contributed by atoms with Crippen LogP contribution in [0.15, 0.2) is 18.2 Å². The zero-order valence-corrected chi connectivity index (χ0v) is 12.3. The first-order chi connectivity index (χ1) is 10.3. The molecule has 1 aliphatic heterocycles. The largest absolute Gasteiger partial charge is 0.395 e. The second-order valence-corrected chi connectivity index (χ2v) is 5.22. The van der Waals surface area contributed by atoms with Gasteiger partial charge in [0.15, 0.2) is 0 Å². The van der Waals surface area contributed by atoms with Crippen LogP contribution in [0.5, 0.6) is 0 Å². The molecule has 0 unspecified atom stereocenters. The minimum atomic E-state index is 0.0406. The first kappa shape index (κ1) is 14.3. The van der Waals surface area contributed by atoms with Crippen molar-refractivity contribution in [1.29, 1.82) is 0 Å². The van der Waals surface area contributed by atoms with E-state index in [1.165, 1.54) is 0 Å². The van der Waals surface area contributed by atoms with Gasteiger partial charge in [-0.1, -0.05) is 11.6 Å². The number of aliphatic hydroxyl groups is 1. The van der Waals surface area contributed by atoms with Crippen LogP contribution in [0.1, 0.15) is 0 Å². The number of hydrogen-bond donors (Lipinski definition) is 2. The number of fused-ring (bicyclic) bond motifs is 1. The molecule has 2 heterocycles. The van der Waals surface area contributed by atoms with Gasteiger partial charge < -0.3 is 20.1 Å². The zero-order valence-electron chi connectivity index (χ0n) is 11.5. The molecule has 1 aliphatic rings. The lowest BCUT2D eigenvalue weighted by Crippen LogP contribution is -2.37. The third kappa shape index (κ3) is 3.18. The van der Waals surface area contributed by atoms with Crippen LogP contribution < -0.4 is 10.2 Å². The Bertz CT molecular complexity index is 632. The summed E-state index contributed by atoms with van der Waals surface area (Å²) in [5.74, 6) is 1.37. The van der Waals surface area contributed by atoms with Gasteiger partial charge in [-0.05, 0) is 18.2 Å². The van der Waals surface area contributed by atoms with Crippen molar-refractivity contribution in [2.45, 2.75) is 0 Å². The normalized spacial score (nSPS) is 15.4. The number of morpholine rings is 1. The van der Waals surface area contributed by atoms with Crippen molar-refractivity contribution in [3.63, 3.8) is 0 Å². The molecule has 1 aromatic heterocycles. The molecule has 2 aromatic rings. The van der Waals surface area contributed by atoms with Gasteiger partial charge in [-0.3, -0.25) is 0 Å². The molecule has 0 aliphatic carbocycles. The van der Waals surface area contributed by atoms with Crippen LogP contribution in [0, 0.1) is 0 Å². The van der Waals surface area contributed by atoms with Crippen molar-refractivity contribution in [3.8, 4) is 0 Å². The van der Waals surface area contributed by atoms with Crippen LogP contribution in [-0.2, 0) is 4.74 Å². The Morgan fingerprint density at radius 3 is 2.86 bits per heavy atom. The third-order valence-corrected chi connectivity index (χ3v) is 3.58. The summed E-state index contributed by atoms with van der Waals surface area (Å²) in [6.07, 6.45) is 0. The van der Waals surface area contributed by atoms with E-state index in [1.807, 2.05) is 18.2 Å². The number of halogens is 1. The summed E-state index contributed by atoms with van der Waals surface area (Å²) >= 11 is 6.05. The van der Waals surface area contributed by atoms with Crippen molar-refractivity contribution in [3.05, 3.63) is 23.2 Å². The number of rotatable bonds is 4. The van der Waals surface area contributed by atoms with E-state index in [2.05, 4.69) is 20.2 Å². The van der Waals surface area contributed by atoms with Crippen molar-refractivity contribution >= 4 is 34.3 Å². The first-order valence-corrected chi connectivity index (χ1v) is 7.30. The Labute approximate surface area is 127 Å². The number of nitrogens with one attached hydrogen (secondary N) is 1. The van der Waals surface area contributed by atoms with E-state index in [1.54, 1.807) is 0 Å². The van der Waals surface area contributed by atoms with Crippen molar-refractivity contribution in [1.82, 2.24) is 9.97 Å². The van der Waals surface area contributed by atoms with Gasteiger partial charge in [0.1, 0.15) is 5.82 Å². The Morgan fingerprint density at radius 1 is 1.29 bits per heavy atom. The average Bonchev–Trinajstić information content (AvgIpc) is 2.53. The molecule has 0 bridgehead atoms. The highest BCUT2D eigenvalue weighted by atomic mass is 35.5. The molecular formula is C14H17ClN4O2. The number of aliphatic hydroxyl groups excluding tert-OH is 1. The minimum Gasteiger partial charge on any atom is -0.395 e. The van der Waals surface area contributed by atoms with Gasteiger partial charge in [0.05, 0.1) is 25.3 Å². The molecule has 112 valence electrons. The predicted molar refractivity (Wildman–Crippen MR) is 83.2 cm³/mol. The summed E-state index contributed by atoms with van der Waals surface area (Å²) in [7, 11) is 0. The Hall–Kier alpha value is -1.63. The molecule has 2 N–H and O–H groups in total. The lowest BCUT2D eigenvalue weighted by atomic mass is 10.2. The minimum absolute atomic E-state index is 0.0406. The summed E-state index contributed by atoms with van der Waals surface area (Å²) < 4.78 is 5.36. The summed E-state index contributed by atoms with van der Waals surface area (Å²) in [5, 5.41) is 13.6. The van der Waals surface area contributed by atoms with Gasteiger partial charge in [-0.25, -0.2) is 4.98 Å². The number of benzene rings is 1. The molecule has 0 amide bonds. The lowest BCUT2D eigenvalue weighted by Gasteiger charge is -2.27. The van der Waals surface area contributed by atoms with Gasteiger partial charge in [-0.15, -0.1) is 0 Å². The van der Waals surface area contributed by atoms with E-state index < -0.39 is 0 Å². The summed E-state index contributed by atoms with van der Waals surface area (Å²) in [5.41, 5.74) is 0.830. The first-order valence-electron chi connectivity index (χ1n) is 6.92. The third-order valence-electron chi connectivity index (χ3n) is 3.34. The molecule has 21 heavy (non-hydrogen) atoms. The van der Waals surface area contributed by atoms with Gasteiger partial charge in [0.2, 0.25) is 5.95 Å². The van der Waals surface area contributed by atoms with Crippen molar-refractivity contribution < 1.29 is 9.84 Å². The Balaban J connectivity index is 2.03. The molecule has 0 radical (unpaired) electrons. The van der Waals surface area contributed by atoms with Crippen LogP contribution in [0.3, 0.4) is 0 Å². The molecule has 1 saturated heterocycles. The molecule has 6 nitrogen and oxygen atoms in total. The fraction of sp³-hybridized carbons (Fsp3) is 0.429. The van der Waals surface area contributed by atoms with Gasteiger partial charge in [0, 0.05) is 30.0 Å². The number of hydrogen-bond acceptors (Lipinski definition) is 6. The summed E-state index contributed by atoms with van der Waals surface area (Å²) in [6.45, 7) is 3.39. The molecule has 0 atom stereocenters. The molecule has 3 rings (SSSR count). The van der Waals surface area contributed by atoms with E-state index in [0.29, 0.717) is 36.5 Å². The van der Waals surface area contributed by atoms with Crippen LogP contribution in [0.4, 0.5) is 11.8 Å². The maximum atomic E-state index is 9.01. The number of nitrogens with zero attached hydrogens (tertiary/aromatic N) is 3. The van der Waals surface area contributed by atoms with E-state index in [4.69, 9.17) is 21.4 Å². The standard InChI is InChI=1S/C14H17ClN4O2/c15-10-1-2-12-11(9-10)13(16-3-6-20)18-14(17-12)19-4-7-21-8-5-19/h1-2,9,20H,3-8H2,(H,16,17,18). The van der Waals surface area contributed by atoms with E-state index in [-0.39, 0.29) is 6.61 Å². The van der Waals surface area contributed by atoms with Crippen LogP contribution >= 0.6 is 11.6 Å². The molecule has 1 fully saturated rings. The maximum Gasteiger partial charge on any atom is 0.228 e. The Morgan fingerprint density at radius 2 is 2.10 bits per heavy atom. The van der Waals surface area contributed by atoms with Crippen LogP contribution in [0.25, 0.3) is 10.9 Å². The second-order valence-electron chi connectivity index (χ2n) is 4.78. The number of aromatic nitrogens is 2. The quantitative estimate of drug-likeness (QED) is 0.892. The highest BCUT2D eigenvalue weighted by molar-refractivity contribution is 6.31. The van der Waals surface area contributed by atoms with Crippen molar-refractivity contribution in [2.75, 3.05) is 49.7 Å². The summed E-state index contributed by atoms with van der Waals surface area (Å²) in [6, 6.07) is 5.53. The second kappa shape index (κ2) is 6.43. The number of ether oxygens (including phenoxy) is 1. The molecule has 0 saturated carbocycles. The van der Waals surface area contributed by atoms with E-state index in [9.17, 15) is 0 Å². The van der Waals surface area contributed by atoms with E-state index in [0.717, 1.165) is 24.0 Å². The SMILES string of the molecule is OCCNc1nc(N2CCOCC2)nc2ccc(Cl)cc12. The zero-order chi connectivity index (χ0) is 14.7. The van der Waals surface area contributed by atoms with Crippen molar-refractivity contribution in [2.24, 2.45) is 0 Å². The molecule has 1 aromatic carbocycles. The molecule has 7 heteroatoms. The maximum absolute atomic E-state index is 9.01. The van der Waals surface area contributed by atoms with E-state index >= 15 is 0 Å². The summed E-state index contributed by atoms with van der Waals surface area (Å²) in [4.78, 5) is 11.3. The number of anilines is 2. The molecule has 0 spiro atoms. The van der Waals surface area contributed by atoms with Gasteiger partial charge >= 0.3 is 0 Å². The lowest BCUT2D eigenvalue weighted by molar-refractivity contribution is 0.122.